The first-order valence-electron chi connectivity index (χ1n) is 8.83. The Morgan fingerprint density at radius 2 is 1.88 bits per heavy atom. The van der Waals surface area contributed by atoms with E-state index in [1.54, 1.807) is 4.68 Å². The Morgan fingerprint density at radius 3 is 2.56 bits per heavy atom. The highest BCUT2D eigenvalue weighted by Gasteiger charge is 2.34. The predicted molar refractivity (Wildman–Crippen MR) is 95.0 cm³/mol. The summed E-state index contributed by atoms with van der Waals surface area (Å²) >= 11 is 0. The van der Waals surface area contributed by atoms with Crippen molar-refractivity contribution in [1.82, 2.24) is 20.4 Å². The van der Waals surface area contributed by atoms with Crippen LogP contribution in [0.1, 0.15) is 41.9 Å². The Bertz CT molecular complexity index is 834. The van der Waals surface area contributed by atoms with Crippen molar-refractivity contribution in [1.29, 1.82) is 0 Å². The predicted octanol–water partition coefficient (Wildman–Crippen LogP) is 1.55. The molecule has 0 radical (unpaired) electrons. The fourth-order valence-corrected chi connectivity index (χ4v) is 3.96. The lowest BCUT2D eigenvalue weighted by Crippen LogP contribution is -2.48. The fraction of sp³-hybridized carbons (Fsp3) is 0.421. The highest BCUT2D eigenvalue weighted by molar-refractivity contribution is 5.92. The number of hydrogen-bond donors (Lipinski definition) is 2. The molecule has 25 heavy (non-hydrogen) atoms. The summed E-state index contributed by atoms with van der Waals surface area (Å²) in [5, 5.41) is 10.9. The molecule has 2 atom stereocenters. The average Bonchev–Trinajstić information content (AvgIpc) is 2.94. The van der Waals surface area contributed by atoms with Gasteiger partial charge in [0.1, 0.15) is 0 Å². The second kappa shape index (κ2) is 6.44. The van der Waals surface area contributed by atoms with Crippen LogP contribution in [-0.4, -0.2) is 33.8 Å². The first-order valence-corrected chi connectivity index (χ1v) is 8.83. The molecule has 1 aromatic heterocycles. The van der Waals surface area contributed by atoms with E-state index >= 15 is 0 Å². The van der Waals surface area contributed by atoms with Gasteiger partial charge in [0.15, 0.2) is 5.69 Å². The van der Waals surface area contributed by atoms with E-state index in [0.717, 1.165) is 18.5 Å². The standard InChI is InChI=1S/C19H22N4O2/c1-12-9-17(24)18(22-23(12)16-5-3-2-4-6-16)19(25)21-15-10-13-7-8-14(11-15)20-13/h2-6,9,13-15,20H,7-8,10-11H2,1H3,(H,21,25). The Labute approximate surface area is 146 Å². The van der Waals surface area contributed by atoms with Gasteiger partial charge in [0, 0.05) is 29.9 Å². The average molecular weight is 338 g/mol. The summed E-state index contributed by atoms with van der Waals surface area (Å²) < 4.78 is 1.64. The molecule has 2 aliphatic rings. The summed E-state index contributed by atoms with van der Waals surface area (Å²) in [6, 6.07) is 12.1. The Balaban J connectivity index is 1.59. The molecule has 2 saturated heterocycles. The second-order valence-corrected chi connectivity index (χ2v) is 7.03. The Morgan fingerprint density at radius 1 is 1.20 bits per heavy atom. The molecule has 6 nitrogen and oxygen atoms in total. The van der Waals surface area contributed by atoms with Gasteiger partial charge in [-0.1, -0.05) is 18.2 Å². The summed E-state index contributed by atoms with van der Waals surface area (Å²) in [4.78, 5) is 25.0. The Kier molecular flexibility index (Phi) is 4.13. The minimum Gasteiger partial charge on any atom is -0.348 e. The second-order valence-electron chi connectivity index (χ2n) is 7.03. The quantitative estimate of drug-likeness (QED) is 0.890. The number of carbonyl (C=O) groups excluding carboxylic acids is 1. The highest BCUT2D eigenvalue weighted by Crippen LogP contribution is 2.26. The van der Waals surface area contributed by atoms with Crippen LogP contribution in [0.15, 0.2) is 41.2 Å². The van der Waals surface area contributed by atoms with Crippen molar-refractivity contribution in [2.45, 2.75) is 50.7 Å². The normalized spacial score (nSPS) is 24.9. The maximum absolute atomic E-state index is 12.7. The van der Waals surface area contributed by atoms with Crippen LogP contribution in [0, 0.1) is 6.92 Å². The summed E-state index contributed by atoms with van der Waals surface area (Å²) in [6.45, 7) is 1.81. The minimum absolute atomic E-state index is 0.0414. The highest BCUT2D eigenvalue weighted by atomic mass is 16.2. The van der Waals surface area contributed by atoms with Gasteiger partial charge < -0.3 is 10.6 Å². The molecule has 2 aromatic rings. The van der Waals surface area contributed by atoms with Crippen molar-refractivity contribution in [3.8, 4) is 5.69 Å². The fourth-order valence-electron chi connectivity index (χ4n) is 3.96. The van der Waals surface area contributed by atoms with E-state index in [4.69, 9.17) is 0 Å². The molecule has 2 N–H and O–H groups in total. The number of carbonyl (C=O) groups is 1. The van der Waals surface area contributed by atoms with Gasteiger partial charge in [-0.15, -0.1) is 0 Å². The molecule has 130 valence electrons. The van der Waals surface area contributed by atoms with Crippen LogP contribution in [0.4, 0.5) is 0 Å². The molecule has 6 heteroatoms. The molecule has 0 saturated carbocycles. The lowest BCUT2D eigenvalue weighted by molar-refractivity contribution is 0.0916. The van der Waals surface area contributed by atoms with Crippen molar-refractivity contribution in [3.05, 3.63) is 58.0 Å². The van der Waals surface area contributed by atoms with Crippen LogP contribution in [0.25, 0.3) is 5.69 Å². The number of nitrogens with zero attached hydrogens (tertiary/aromatic N) is 2. The van der Waals surface area contributed by atoms with Crippen LogP contribution in [0.2, 0.25) is 0 Å². The van der Waals surface area contributed by atoms with Gasteiger partial charge in [-0.25, -0.2) is 4.68 Å². The zero-order chi connectivity index (χ0) is 17.4. The van der Waals surface area contributed by atoms with E-state index in [0.29, 0.717) is 17.8 Å². The van der Waals surface area contributed by atoms with Crippen molar-refractivity contribution in [3.63, 3.8) is 0 Å². The van der Waals surface area contributed by atoms with Gasteiger partial charge in [-0.2, -0.15) is 5.10 Å². The molecule has 4 rings (SSSR count). The van der Waals surface area contributed by atoms with E-state index in [9.17, 15) is 9.59 Å². The van der Waals surface area contributed by atoms with Crippen LogP contribution >= 0.6 is 0 Å². The zero-order valence-electron chi connectivity index (χ0n) is 14.2. The summed E-state index contributed by atoms with van der Waals surface area (Å²) in [6.07, 6.45) is 4.17. The molecule has 0 spiro atoms. The lowest BCUT2D eigenvalue weighted by atomic mass is 10.00. The van der Waals surface area contributed by atoms with Crippen LogP contribution in [0.5, 0.6) is 0 Å². The van der Waals surface area contributed by atoms with Gasteiger partial charge in [0.2, 0.25) is 5.43 Å². The number of nitrogens with one attached hydrogen (secondary N) is 2. The van der Waals surface area contributed by atoms with Gasteiger partial charge in [-0.3, -0.25) is 9.59 Å². The van der Waals surface area contributed by atoms with E-state index in [1.165, 1.54) is 18.9 Å². The molecular formula is C19H22N4O2. The third-order valence-corrected chi connectivity index (χ3v) is 5.13. The molecule has 2 unspecified atom stereocenters. The smallest absolute Gasteiger partial charge is 0.276 e. The van der Waals surface area contributed by atoms with Crippen molar-refractivity contribution in [2.24, 2.45) is 0 Å². The number of aryl methyl sites for hydroxylation is 1. The number of para-hydroxylation sites is 1. The SMILES string of the molecule is Cc1cc(=O)c(C(=O)NC2CC3CCC(C2)N3)nn1-c1ccccc1. The Hall–Kier alpha value is -2.47. The maximum atomic E-state index is 12.7. The number of benzene rings is 1. The molecular weight excluding hydrogens is 316 g/mol. The minimum atomic E-state index is -0.374. The van der Waals surface area contributed by atoms with E-state index < -0.39 is 0 Å². The molecule has 1 amide bonds. The summed E-state index contributed by atoms with van der Waals surface area (Å²) in [7, 11) is 0. The van der Waals surface area contributed by atoms with Gasteiger partial charge in [0.25, 0.3) is 5.91 Å². The monoisotopic (exact) mass is 338 g/mol. The molecule has 2 fully saturated rings. The van der Waals surface area contributed by atoms with E-state index in [1.807, 2.05) is 37.3 Å². The number of piperidine rings is 1. The van der Waals surface area contributed by atoms with Gasteiger partial charge >= 0.3 is 0 Å². The van der Waals surface area contributed by atoms with Gasteiger partial charge in [0.05, 0.1) is 5.69 Å². The number of rotatable bonds is 3. The topological polar surface area (TPSA) is 76.0 Å². The lowest BCUT2D eigenvalue weighted by Gasteiger charge is -2.29. The molecule has 2 aliphatic heterocycles. The number of aromatic nitrogens is 2. The van der Waals surface area contributed by atoms with Gasteiger partial charge in [-0.05, 0) is 44.7 Å². The van der Waals surface area contributed by atoms with Crippen LogP contribution in [0.3, 0.4) is 0 Å². The molecule has 2 bridgehead atoms. The number of fused-ring (bicyclic) bond motifs is 2. The van der Waals surface area contributed by atoms with E-state index in [2.05, 4.69) is 15.7 Å². The number of amides is 1. The molecule has 0 aliphatic carbocycles. The van der Waals surface area contributed by atoms with Crippen LogP contribution < -0.4 is 16.1 Å². The maximum Gasteiger partial charge on any atom is 0.276 e. The summed E-state index contributed by atoms with van der Waals surface area (Å²) in [5.74, 6) is -0.374. The van der Waals surface area contributed by atoms with Crippen LogP contribution in [-0.2, 0) is 0 Å². The summed E-state index contributed by atoms with van der Waals surface area (Å²) in [5.41, 5.74) is 1.15. The number of hydrogen-bond acceptors (Lipinski definition) is 4. The largest absolute Gasteiger partial charge is 0.348 e. The first kappa shape index (κ1) is 16.0. The first-order chi connectivity index (χ1) is 12.1. The molecule has 3 heterocycles. The third-order valence-electron chi connectivity index (χ3n) is 5.13. The third kappa shape index (κ3) is 3.22. The van der Waals surface area contributed by atoms with Crippen molar-refractivity contribution in [2.75, 3.05) is 0 Å². The van der Waals surface area contributed by atoms with Crippen molar-refractivity contribution >= 4 is 5.91 Å². The zero-order valence-corrected chi connectivity index (χ0v) is 14.2. The molecule has 1 aromatic carbocycles. The van der Waals surface area contributed by atoms with E-state index in [-0.39, 0.29) is 23.1 Å². The van der Waals surface area contributed by atoms with Crippen molar-refractivity contribution < 1.29 is 4.79 Å².